The normalized spacial score (nSPS) is 14.0. The van der Waals surface area contributed by atoms with E-state index < -0.39 is 5.54 Å². The van der Waals surface area contributed by atoms with E-state index in [4.69, 9.17) is 4.74 Å². The maximum Gasteiger partial charge on any atom is 0.330 e. The number of hydrogen-bond donors (Lipinski definition) is 1. The molecule has 0 aliphatic heterocycles. The number of nitrogens with one attached hydrogen (secondary N) is 1. The van der Waals surface area contributed by atoms with Crippen molar-refractivity contribution in [1.82, 2.24) is 10.2 Å². The second kappa shape index (κ2) is 8.51. The lowest BCUT2D eigenvalue weighted by atomic mass is 9.87. The summed E-state index contributed by atoms with van der Waals surface area (Å²) >= 11 is 3.43. The van der Waals surface area contributed by atoms with Gasteiger partial charge in [0, 0.05) is 17.6 Å². The number of carbonyl (C=O) groups excluding carboxylic acids is 1. The van der Waals surface area contributed by atoms with Crippen LogP contribution in [-0.4, -0.2) is 44.7 Å². The van der Waals surface area contributed by atoms with Crippen LogP contribution in [0.1, 0.15) is 25.8 Å². The quantitative estimate of drug-likeness (QED) is 0.727. The van der Waals surface area contributed by atoms with Crippen LogP contribution in [0.15, 0.2) is 28.7 Å². The molecule has 0 heterocycles. The molecule has 0 amide bonds. The molecule has 0 bridgehead atoms. The zero-order valence-electron chi connectivity index (χ0n) is 13.3. The van der Waals surface area contributed by atoms with Crippen molar-refractivity contribution >= 4 is 21.9 Å². The predicted molar refractivity (Wildman–Crippen MR) is 89.3 cm³/mol. The van der Waals surface area contributed by atoms with E-state index in [0.29, 0.717) is 13.0 Å². The van der Waals surface area contributed by atoms with Crippen LogP contribution in [0.2, 0.25) is 0 Å². The van der Waals surface area contributed by atoms with Crippen LogP contribution in [0, 0.1) is 0 Å². The lowest BCUT2D eigenvalue weighted by Gasteiger charge is -2.32. The number of esters is 1. The summed E-state index contributed by atoms with van der Waals surface area (Å²) in [5.74, 6) is -0.214. The Morgan fingerprint density at radius 1 is 1.29 bits per heavy atom. The number of likely N-dealkylation sites (N-methyl/N-ethyl adjacent to an activating group) is 1. The zero-order chi connectivity index (χ0) is 15.9. The third-order valence-electron chi connectivity index (χ3n) is 3.48. The minimum atomic E-state index is -0.785. The molecule has 4 nitrogen and oxygen atoms in total. The molecular formula is C16H25BrN2O2. The van der Waals surface area contributed by atoms with Crippen molar-refractivity contribution in [2.75, 3.05) is 33.8 Å². The van der Waals surface area contributed by atoms with Gasteiger partial charge in [-0.1, -0.05) is 35.0 Å². The van der Waals surface area contributed by atoms with E-state index in [2.05, 4.69) is 26.1 Å². The number of rotatable bonds is 8. The first-order valence-electron chi connectivity index (χ1n) is 7.29. The van der Waals surface area contributed by atoms with Gasteiger partial charge in [0.15, 0.2) is 0 Å². The first-order chi connectivity index (χ1) is 9.96. The molecule has 0 radical (unpaired) electrons. The van der Waals surface area contributed by atoms with Crippen molar-refractivity contribution in [2.24, 2.45) is 0 Å². The fourth-order valence-electron chi connectivity index (χ4n) is 2.25. The predicted octanol–water partition coefficient (Wildman–Crippen LogP) is 2.77. The Balaban J connectivity index is 3.06. The van der Waals surface area contributed by atoms with Crippen LogP contribution in [0.25, 0.3) is 0 Å². The number of nitrogens with zero attached hydrogens (tertiary/aromatic N) is 1. The number of ether oxygens (including phenoxy) is 1. The molecule has 21 heavy (non-hydrogen) atoms. The molecule has 118 valence electrons. The maximum absolute atomic E-state index is 12.5. The van der Waals surface area contributed by atoms with Gasteiger partial charge >= 0.3 is 5.97 Å². The van der Waals surface area contributed by atoms with E-state index in [1.807, 2.05) is 52.2 Å². The number of hydrogen-bond acceptors (Lipinski definition) is 4. The monoisotopic (exact) mass is 356 g/mol. The van der Waals surface area contributed by atoms with Crippen molar-refractivity contribution in [2.45, 2.75) is 25.8 Å². The fraction of sp³-hybridized carbons (Fsp3) is 0.562. The van der Waals surface area contributed by atoms with Gasteiger partial charge in [0.05, 0.1) is 6.61 Å². The zero-order valence-corrected chi connectivity index (χ0v) is 14.9. The summed E-state index contributed by atoms with van der Waals surface area (Å²) < 4.78 is 6.31. The standard InChI is InChI=1S/C16H25BrN2O2/c1-5-16(15(20)21-6-2,18-11-12-19(3)4)13-7-9-14(17)10-8-13/h7-10,18H,5-6,11-12H2,1-4H3. The van der Waals surface area contributed by atoms with Gasteiger partial charge in [0.2, 0.25) is 0 Å². The van der Waals surface area contributed by atoms with E-state index in [9.17, 15) is 4.79 Å². The molecule has 0 saturated carbocycles. The molecule has 0 saturated heterocycles. The number of halogens is 1. The van der Waals surface area contributed by atoms with Crippen molar-refractivity contribution in [3.8, 4) is 0 Å². The highest BCUT2D eigenvalue weighted by Gasteiger charge is 2.39. The summed E-state index contributed by atoms with van der Waals surface area (Å²) in [5, 5.41) is 3.40. The van der Waals surface area contributed by atoms with Gasteiger partial charge in [0.1, 0.15) is 5.54 Å². The Morgan fingerprint density at radius 2 is 1.90 bits per heavy atom. The number of benzene rings is 1. The van der Waals surface area contributed by atoms with Crippen LogP contribution in [-0.2, 0) is 15.1 Å². The first-order valence-corrected chi connectivity index (χ1v) is 8.08. The Bertz CT molecular complexity index is 448. The minimum Gasteiger partial charge on any atom is -0.464 e. The van der Waals surface area contributed by atoms with Crippen LogP contribution >= 0.6 is 15.9 Å². The Hall–Kier alpha value is -0.910. The van der Waals surface area contributed by atoms with Crippen LogP contribution < -0.4 is 5.32 Å². The minimum absolute atomic E-state index is 0.214. The van der Waals surface area contributed by atoms with Crippen LogP contribution in [0.4, 0.5) is 0 Å². The third kappa shape index (κ3) is 4.80. The highest BCUT2D eigenvalue weighted by molar-refractivity contribution is 9.10. The van der Waals surface area contributed by atoms with E-state index >= 15 is 0 Å². The van der Waals surface area contributed by atoms with Gasteiger partial charge < -0.3 is 9.64 Å². The molecule has 1 aromatic rings. The molecule has 1 aromatic carbocycles. The van der Waals surface area contributed by atoms with Gasteiger partial charge in [-0.3, -0.25) is 5.32 Å². The van der Waals surface area contributed by atoms with E-state index in [1.165, 1.54) is 0 Å². The largest absolute Gasteiger partial charge is 0.464 e. The van der Waals surface area contributed by atoms with Gasteiger partial charge in [-0.15, -0.1) is 0 Å². The SMILES string of the molecule is CCOC(=O)C(CC)(NCCN(C)C)c1ccc(Br)cc1. The second-order valence-corrected chi connectivity index (χ2v) is 6.13. The molecule has 0 aliphatic rings. The molecule has 1 N–H and O–H groups in total. The topological polar surface area (TPSA) is 41.6 Å². The Morgan fingerprint density at radius 3 is 2.38 bits per heavy atom. The van der Waals surface area contributed by atoms with Crippen molar-refractivity contribution in [1.29, 1.82) is 0 Å². The first kappa shape index (κ1) is 18.1. The Labute approximate surface area is 136 Å². The summed E-state index contributed by atoms with van der Waals surface area (Å²) in [4.78, 5) is 14.6. The summed E-state index contributed by atoms with van der Waals surface area (Å²) in [6.07, 6.45) is 0.640. The van der Waals surface area contributed by atoms with Crippen molar-refractivity contribution in [3.63, 3.8) is 0 Å². The smallest absolute Gasteiger partial charge is 0.330 e. The molecule has 1 atom stereocenters. The second-order valence-electron chi connectivity index (χ2n) is 5.22. The molecule has 5 heteroatoms. The molecule has 0 spiro atoms. The van der Waals surface area contributed by atoms with Crippen molar-refractivity contribution in [3.05, 3.63) is 34.3 Å². The molecular weight excluding hydrogens is 332 g/mol. The summed E-state index contributed by atoms with van der Waals surface area (Å²) in [6.45, 7) is 5.79. The van der Waals surface area contributed by atoms with Gasteiger partial charge in [-0.25, -0.2) is 4.79 Å². The van der Waals surface area contributed by atoms with E-state index in [1.54, 1.807) is 0 Å². The summed E-state index contributed by atoms with van der Waals surface area (Å²) in [6, 6.07) is 7.83. The van der Waals surface area contributed by atoms with Gasteiger partial charge in [-0.05, 0) is 45.1 Å². The lowest BCUT2D eigenvalue weighted by Crippen LogP contribution is -2.51. The average Bonchev–Trinajstić information content (AvgIpc) is 2.45. The van der Waals surface area contributed by atoms with E-state index in [-0.39, 0.29) is 5.97 Å². The summed E-state index contributed by atoms with van der Waals surface area (Å²) in [7, 11) is 4.03. The molecule has 1 rings (SSSR count). The lowest BCUT2D eigenvalue weighted by molar-refractivity contribution is -0.152. The van der Waals surface area contributed by atoms with Crippen LogP contribution in [0.5, 0.6) is 0 Å². The average molecular weight is 357 g/mol. The fourth-order valence-corrected chi connectivity index (χ4v) is 2.51. The van der Waals surface area contributed by atoms with Gasteiger partial charge in [-0.2, -0.15) is 0 Å². The van der Waals surface area contributed by atoms with Gasteiger partial charge in [0.25, 0.3) is 0 Å². The van der Waals surface area contributed by atoms with Crippen LogP contribution in [0.3, 0.4) is 0 Å². The highest BCUT2D eigenvalue weighted by atomic mass is 79.9. The van der Waals surface area contributed by atoms with E-state index in [0.717, 1.165) is 23.1 Å². The Kier molecular flexibility index (Phi) is 7.35. The molecule has 0 aliphatic carbocycles. The third-order valence-corrected chi connectivity index (χ3v) is 4.01. The van der Waals surface area contributed by atoms with Crippen molar-refractivity contribution < 1.29 is 9.53 Å². The molecule has 1 unspecified atom stereocenters. The molecule has 0 aromatic heterocycles. The summed E-state index contributed by atoms with van der Waals surface area (Å²) in [5.41, 5.74) is 0.151. The molecule has 0 fully saturated rings. The highest BCUT2D eigenvalue weighted by Crippen LogP contribution is 2.28. The number of carbonyl (C=O) groups is 1. The maximum atomic E-state index is 12.5.